The van der Waals surface area contributed by atoms with Gasteiger partial charge in [-0.25, -0.2) is 4.98 Å². The standard InChI is InChI=1S/C12H24N4/c1-12(2,3)14-7-8-15(4)10-11-13-6-9-16(11)5/h6,9,14H,7-8,10H2,1-5H3. The van der Waals surface area contributed by atoms with Crippen molar-refractivity contribution in [2.75, 3.05) is 20.1 Å². The Bertz CT molecular complexity index is 311. The van der Waals surface area contributed by atoms with Crippen molar-refractivity contribution in [2.45, 2.75) is 32.9 Å². The van der Waals surface area contributed by atoms with E-state index in [4.69, 9.17) is 0 Å². The Balaban J connectivity index is 2.26. The molecule has 0 fully saturated rings. The topological polar surface area (TPSA) is 33.1 Å². The Morgan fingerprint density at radius 2 is 2.12 bits per heavy atom. The maximum absolute atomic E-state index is 4.31. The molecule has 1 heterocycles. The first-order chi connectivity index (χ1) is 7.38. The summed E-state index contributed by atoms with van der Waals surface area (Å²) in [7, 11) is 4.16. The highest BCUT2D eigenvalue weighted by molar-refractivity contribution is 4.90. The molecular weight excluding hydrogens is 200 g/mol. The fraction of sp³-hybridized carbons (Fsp3) is 0.750. The number of hydrogen-bond acceptors (Lipinski definition) is 3. The first-order valence-electron chi connectivity index (χ1n) is 5.78. The molecule has 0 aliphatic heterocycles. The van der Waals surface area contributed by atoms with Gasteiger partial charge in [0, 0.05) is 38.1 Å². The van der Waals surface area contributed by atoms with Crippen LogP contribution in [-0.4, -0.2) is 40.1 Å². The zero-order chi connectivity index (χ0) is 12.2. The summed E-state index contributed by atoms with van der Waals surface area (Å²) in [6.45, 7) is 9.49. The number of nitrogens with zero attached hydrogens (tertiary/aromatic N) is 3. The van der Waals surface area contributed by atoms with Gasteiger partial charge in [-0.2, -0.15) is 0 Å². The van der Waals surface area contributed by atoms with E-state index in [2.05, 4.69) is 47.6 Å². The van der Waals surface area contributed by atoms with Crippen LogP contribution < -0.4 is 5.32 Å². The number of rotatable bonds is 5. The van der Waals surface area contributed by atoms with Crippen molar-refractivity contribution in [3.05, 3.63) is 18.2 Å². The summed E-state index contributed by atoms with van der Waals surface area (Å²) in [5.74, 6) is 1.11. The van der Waals surface area contributed by atoms with E-state index in [0.29, 0.717) is 0 Å². The van der Waals surface area contributed by atoms with Crippen LogP contribution in [0.15, 0.2) is 12.4 Å². The molecule has 1 N–H and O–H groups in total. The van der Waals surface area contributed by atoms with E-state index in [1.165, 1.54) is 0 Å². The van der Waals surface area contributed by atoms with Crippen LogP contribution in [0.1, 0.15) is 26.6 Å². The van der Waals surface area contributed by atoms with Gasteiger partial charge >= 0.3 is 0 Å². The van der Waals surface area contributed by atoms with Crippen molar-refractivity contribution < 1.29 is 0 Å². The van der Waals surface area contributed by atoms with E-state index in [1.54, 1.807) is 0 Å². The van der Waals surface area contributed by atoms with E-state index in [9.17, 15) is 0 Å². The lowest BCUT2D eigenvalue weighted by Crippen LogP contribution is -2.40. The van der Waals surface area contributed by atoms with Crippen LogP contribution in [0.5, 0.6) is 0 Å². The molecule has 0 aliphatic carbocycles. The second kappa shape index (κ2) is 5.46. The van der Waals surface area contributed by atoms with Crippen LogP contribution in [0.2, 0.25) is 0 Å². The summed E-state index contributed by atoms with van der Waals surface area (Å²) in [6, 6.07) is 0. The Labute approximate surface area is 98.7 Å². The number of imidazole rings is 1. The fourth-order valence-corrected chi connectivity index (χ4v) is 1.49. The molecule has 0 bridgehead atoms. The SMILES string of the molecule is CN(CCNC(C)(C)C)Cc1nccn1C. The predicted octanol–water partition coefficient (Wildman–Crippen LogP) is 1.24. The average Bonchev–Trinajstić information content (AvgIpc) is 2.49. The minimum Gasteiger partial charge on any atom is -0.337 e. The van der Waals surface area contributed by atoms with Gasteiger partial charge in [0.05, 0.1) is 6.54 Å². The second-order valence-corrected chi connectivity index (χ2v) is 5.37. The van der Waals surface area contributed by atoms with E-state index in [-0.39, 0.29) is 5.54 Å². The molecule has 0 radical (unpaired) electrons. The first-order valence-corrected chi connectivity index (χ1v) is 5.78. The maximum atomic E-state index is 4.31. The second-order valence-electron chi connectivity index (χ2n) is 5.37. The van der Waals surface area contributed by atoms with Gasteiger partial charge < -0.3 is 9.88 Å². The van der Waals surface area contributed by atoms with Gasteiger partial charge in [0.1, 0.15) is 5.82 Å². The predicted molar refractivity (Wildman–Crippen MR) is 67.3 cm³/mol. The van der Waals surface area contributed by atoms with Gasteiger partial charge in [-0.3, -0.25) is 4.90 Å². The molecule has 1 rings (SSSR count). The third-order valence-corrected chi connectivity index (χ3v) is 2.48. The molecule has 4 heteroatoms. The minimum absolute atomic E-state index is 0.198. The Morgan fingerprint density at radius 3 is 2.62 bits per heavy atom. The quantitative estimate of drug-likeness (QED) is 0.817. The molecule has 0 saturated heterocycles. The van der Waals surface area contributed by atoms with Crippen LogP contribution in [-0.2, 0) is 13.6 Å². The van der Waals surface area contributed by atoms with E-state index < -0.39 is 0 Å². The van der Waals surface area contributed by atoms with Crippen molar-refractivity contribution in [1.29, 1.82) is 0 Å². The molecule has 1 aromatic heterocycles. The molecule has 0 saturated carbocycles. The number of aromatic nitrogens is 2. The van der Waals surface area contributed by atoms with Gasteiger partial charge in [-0.15, -0.1) is 0 Å². The van der Waals surface area contributed by atoms with Crippen LogP contribution in [0, 0.1) is 0 Å². The normalized spacial score (nSPS) is 12.4. The molecule has 0 aromatic carbocycles. The largest absolute Gasteiger partial charge is 0.337 e. The lowest BCUT2D eigenvalue weighted by molar-refractivity contribution is 0.294. The molecule has 0 atom stereocenters. The smallest absolute Gasteiger partial charge is 0.122 e. The van der Waals surface area contributed by atoms with E-state index in [1.807, 2.05) is 19.4 Å². The van der Waals surface area contributed by atoms with Crippen molar-refractivity contribution in [2.24, 2.45) is 7.05 Å². The highest BCUT2D eigenvalue weighted by atomic mass is 15.2. The lowest BCUT2D eigenvalue weighted by Gasteiger charge is -2.23. The summed E-state index contributed by atoms with van der Waals surface area (Å²) in [6.07, 6.45) is 3.83. The first kappa shape index (κ1) is 13.2. The summed E-state index contributed by atoms with van der Waals surface area (Å²) in [5.41, 5.74) is 0.198. The Morgan fingerprint density at radius 1 is 1.44 bits per heavy atom. The number of aryl methyl sites for hydroxylation is 1. The maximum Gasteiger partial charge on any atom is 0.122 e. The lowest BCUT2D eigenvalue weighted by atomic mass is 10.1. The zero-order valence-corrected chi connectivity index (χ0v) is 11.1. The van der Waals surface area contributed by atoms with Crippen LogP contribution in [0.25, 0.3) is 0 Å². The Hall–Kier alpha value is -0.870. The summed E-state index contributed by atoms with van der Waals surface area (Å²) in [5, 5.41) is 3.48. The summed E-state index contributed by atoms with van der Waals surface area (Å²) >= 11 is 0. The molecule has 0 spiro atoms. The van der Waals surface area contributed by atoms with Gasteiger partial charge in [0.2, 0.25) is 0 Å². The molecule has 1 aromatic rings. The molecule has 4 nitrogen and oxygen atoms in total. The highest BCUT2D eigenvalue weighted by Crippen LogP contribution is 2.00. The van der Waals surface area contributed by atoms with Crippen molar-refractivity contribution in [3.63, 3.8) is 0 Å². The van der Waals surface area contributed by atoms with E-state index >= 15 is 0 Å². The van der Waals surface area contributed by atoms with Crippen molar-refractivity contribution in [3.8, 4) is 0 Å². The molecular formula is C12H24N4. The highest BCUT2D eigenvalue weighted by Gasteiger charge is 2.09. The van der Waals surface area contributed by atoms with Gasteiger partial charge in [-0.05, 0) is 27.8 Å². The van der Waals surface area contributed by atoms with Crippen molar-refractivity contribution in [1.82, 2.24) is 19.8 Å². The third kappa shape index (κ3) is 4.77. The summed E-state index contributed by atoms with van der Waals surface area (Å²) < 4.78 is 2.06. The Kier molecular flexibility index (Phi) is 4.50. The number of likely N-dealkylation sites (N-methyl/N-ethyl adjacent to an activating group) is 1. The average molecular weight is 224 g/mol. The monoisotopic (exact) mass is 224 g/mol. The number of hydrogen-bond donors (Lipinski definition) is 1. The van der Waals surface area contributed by atoms with Crippen LogP contribution in [0.4, 0.5) is 0 Å². The van der Waals surface area contributed by atoms with Gasteiger partial charge in [0.25, 0.3) is 0 Å². The molecule has 0 unspecified atom stereocenters. The number of nitrogens with one attached hydrogen (secondary N) is 1. The van der Waals surface area contributed by atoms with Gasteiger partial charge in [-0.1, -0.05) is 0 Å². The molecule has 92 valence electrons. The third-order valence-electron chi connectivity index (χ3n) is 2.48. The molecule has 0 amide bonds. The zero-order valence-electron chi connectivity index (χ0n) is 11.1. The van der Waals surface area contributed by atoms with Crippen molar-refractivity contribution >= 4 is 0 Å². The van der Waals surface area contributed by atoms with Gasteiger partial charge in [0.15, 0.2) is 0 Å². The minimum atomic E-state index is 0.198. The van der Waals surface area contributed by atoms with Crippen LogP contribution in [0.3, 0.4) is 0 Å². The molecule has 0 aliphatic rings. The van der Waals surface area contributed by atoms with E-state index in [0.717, 1.165) is 25.5 Å². The molecule has 16 heavy (non-hydrogen) atoms. The summed E-state index contributed by atoms with van der Waals surface area (Å²) in [4.78, 5) is 6.59. The van der Waals surface area contributed by atoms with Crippen LogP contribution >= 0.6 is 0 Å². The fourth-order valence-electron chi connectivity index (χ4n) is 1.49.